The molecule has 0 spiro atoms. The van der Waals surface area contributed by atoms with Crippen molar-refractivity contribution in [3.8, 4) is 17.2 Å². The summed E-state index contributed by atoms with van der Waals surface area (Å²) in [7, 11) is 0. The number of ether oxygens (including phenoxy) is 2. The van der Waals surface area contributed by atoms with E-state index in [1.807, 2.05) is 60.4 Å². The summed E-state index contributed by atoms with van der Waals surface area (Å²) in [6, 6.07) is 15.9. The molecule has 1 aliphatic heterocycles. The number of likely N-dealkylation sites (tertiary alicyclic amines) is 1. The summed E-state index contributed by atoms with van der Waals surface area (Å²) in [6.45, 7) is 6.35. The zero-order chi connectivity index (χ0) is 18.5. The predicted octanol–water partition coefficient (Wildman–Crippen LogP) is 4.96. The van der Waals surface area contributed by atoms with Gasteiger partial charge in [0.05, 0.1) is 0 Å². The van der Waals surface area contributed by atoms with Crippen molar-refractivity contribution < 1.29 is 14.3 Å². The number of rotatable bonds is 5. The maximum absolute atomic E-state index is 12.5. The van der Waals surface area contributed by atoms with Crippen molar-refractivity contribution in [2.75, 3.05) is 6.61 Å². The Morgan fingerprint density at radius 1 is 0.923 bits per heavy atom. The van der Waals surface area contributed by atoms with Crippen molar-refractivity contribution in [1.29, 1.82) is 0 Å². The number of carbonyl (C=O) groups is 1. The van der Waals surface area contributed by atoms with Gasteiger partial charge in [0.1, 0.15) is 17.2 Å². The first-order chi connectivity index (χ1) is 12.5. The fourth-order valence-corrected chi connectivity index (χ4v) is 3.48. The molecule has 3 rings (SSSR count). The number of benzene rings is 2. The normalized spacial score (nSPS) is 19.9. The summed E-state index contributed by atoms with van der Waals surface area (Å²) in [5.41, 5.74) is 1.20. The first-order valence-electron chi connectivity index (χ1n) is 9.31. The van der Waals surface area contributed by atoms with Crippen molar-refractivity contribution in [1.82, 2.24) is 4.90 Å². The fourth-order valence-electron chi connectivity index (χ4n) is 3.48. The Bertz CT molecular complexity index is 714. The van der Waals surface area contributed by atoms with Crippen LogP contribution in [-0.2, 0) is 4.79 Å². The fraction of sp³-hybridized carbons (Fsp3) is 0.409. The molecule has 0 saturated carbocycles. The third-order valence-corrected chi connectivity index (χ3v) is 4.92. The van der Waals surface area contributed by atoms with Crippen molar-refractivity contribution >= 4 is 5.91 Å². The molecule has 1 heterocycles. The second kappa shape index (κ2) is 8.26. The van der Waals surface area contributed by atoms with Crippen LogP contribution in [0.15, 0.2) is 48.5 Å². The molecule has 138 valence electrons. The average molecular weight is 353 g/mol. The van der Waals surface area contributed by atoms with Crippen LogP contribution in [-0.4, -0.2) is 29.5 Å². The van der Waals surface area contributed by atoms with E-state index in [0.717, 1.165) is 24.3 Å². The van der Waals surface area contributed by atoms with Crippen LogP contribution in [0.1, 0.15) is 38.7 Å². The zero-order valence-electron chi connectivity index (χ0n) is 15.8. The maximum Gasteiger partial charge on any atom is 0.260 e. The van der Waals surface area contributed by atoms with E-state index >= 15 is 0 Å². The average Bonchev–Trinajstić information content (AvgIpc) is 2.63. The molecule has 2 atom stereocenters. The van der Waals surface area contributed by atoms with Crippen LogP contribution in [0.3, 0.4) is 0 Å². The minimum Gasteiger partial charge on any atom is -0.484 e. The molecule has 2 aromatic carbocycles. The quantitative estimate of drug-likeness (QED) is 0.763. The number of amides is 1. The predicted molar refractivity (Wildman–Crippen MR) is 103 cm³/mol. The minimum atomic E-state index is 0.0599. The van der Waals surface area contributed by atoms with Gasteiger partial charge in [0, 0.05) is 12.1 Å². The van der Waals surface area contributed by atoms with Gasteiger partial charge >= 0.3 is 0 Å². The second-order valence-corrected chi connectivity index (χ2v) is 7.11. The van der Waals surface area contributed by atoms with Crippen LogP contribution in [0, 0.1) is 6.92 Å². The molecule has 4 heteroatoms. The Balaban J connectivity index is 1.54. The number of nitrogens with zero attached hydrogens (tertiary/aromatic N) is 1. The van der Waals surface area contributed by atoms with Gasteiger partial charge < -0.3 is 14.4 Å². The Kier molecular flexibility index (Phi) is 5.82. The first-order valence-corrected chi connectivity index (χ1v) is 9.31. The molecule has 26 heavy (non-hydrogen) atoms. The molecular formula is C22H27NO3. The standard InChI is InChI=1S/C22H27NO3/c1-16-7-9-20(10-8-16)26-21-13-11-19(12-14-21)25-15-22(24)23-17(2)5-4-6-18(23)3/h7-14,17-18H,4-6,15H2,1-3H3/t17-,18-/m0/s1. The Morgan fingerprint density at radius 2 is 1.42 bits per heavy atom. The number of carbonyl (C=O) groups excluding carboxylic acids is 1. The van der Waals surface area contributed by atoms with Crippen LogP contribution < -0.4 is 9.47 Å². The molecule has 1 amide bonds. The van der Waals surface area contributed by atoms with E-state index < -0.39 is 0 Å². The number of hydrogen-bond donors (Lipinski definition) is 0. The van der Waals surface area contributed by atoms with Gasteiger partial charge in [-0.05, 0) is 76.4 Å². The third-order valence-electron chi connectivity index (χ3n) is 4.92. The molecule has 2 aromatic rings. The first kappa shape index (κ1) is 18.3. The van der Waals surface area contributed by atoms with Crippen molar-refractivity contribution in [3.63, 3.8) is 0 Å². The number of aryl methyl sites for hydroxylation is 1. The number of hydrogen-bond acceptors (Lipinski definition) is 3. The van der Waals surface area contributed by atoms with Gasteiger partial charge in [-0.15, -0.1) is 0 Å². The summed E-state index contributed by atoms with van der Waals surface area (Å²) in [5.74, 6) is 2.27. The summed E-state index contributed by atoms with van der Waals surface area (Å²) < 4.78 is 11.5. The maximum atomic E-state index is 12.5. The van der Waals surface area contributed by atoms with E-state index in [4.69, 9.17) is 9.47 Å². The highest BCUT2D eigenvalue weighted by molar-refractivity contribution is 5.78. The summed E-state index contributed by atoms with van der Waals surface area (Å²) in [6.07, 6.45) is 3.33. The highest BCUT2D eigenvalue weighted by atomic mass is 16.5. The van der Waals surface area contributed by atoms with Crippen LogP contribution in [0.4, 0.5) is 0 Å². The van der Waals surface area contributed by atoms with Crippen molar-refractivity contribution in [2.24, 2.45) is 0 Å². The molecule has 1 fully saturated rings. The monoisotopic (exact) mass is 353 g/mol. The van der Waals surface area contributed by atoms with E-state index in [1.165, 1.54) is 12.0 Å². The van der Waals surface area contributed by atoms with Crippen LogP contribution in [0.25, 0.3) is 0 Å². The molecule has 1 aliphatic rings. The van der Waals surface area contributed by atoms with Crippen LogP contribution in [0.5, 0.6) is 17.2 Å². The molecule has 0 aromatic heterocycles. The molecular weight excluding hydrogens is 326 g/mol. The topological polar surface area (TPSA) is 38.8 Å². The lowest BCUT2D eigenvalue weighted by molar-refractivity contribution is -0.139. The van der Waals surface area contributed by atoms with Gasteiger partial charge in [-0.25, -0.2) is 0 Å². The molecule has 0 N–H and O–H groups in total. The second-order valence-electron chi connectivity index (χ2n) is 7.11. The van der Waals surface area contributed by atoms with E-state index in [9.17, 15) is 4.79 Å². The van der Waals surface area contributed by atoms with Gasteiger partial charge in [0.15, 0.2) is 6.61 Å². The molecule has 4 nitrogen and oxygen atoms in total. The lowest BCUT2D eigenvalue weighted by atomic mass is 9.97. The van der Waals surface area contributed by atoms with E-state index in [-0.39, 0.29) is 12.5 Å². The summed E-state index contributed by atoms with van der Waals surface area (Å²) >= 11 is 0. The lowest BCUT2D eigenvalue weighted by Crippen LogP contribution is -2.49. The van der Waals surface area contributed by atoms with E-state index in [1.54, 1.807) is 0 Å². The van der Waals surface area contributed by atoms with E-state index in [2.05, 4.69) is 13.8 Å². The number of piperidine rings is 1. The molecule has 0 radical (unpaired) electrons. The zero-order valence-corrected chi connectivity index (χ0v) is 15.8. The summed E-state index contributed by atoms with van der Waals surface area (Å²) in [5, 5.41) is 0. The third kappa shape index (κ3) is 4.57. The van der Waals surface area contributed by atoms with Crippen molar-refractivity contribution in [2.45, 2.75) is 52.1 Å². The molecule has 0 unspecified atom stereocenters. The van der Waals surface area contributed by atoms with Gasteiger partial charge in [-0.1, -0.05) is 17.7 Å². The van der Waals surface area contributed by atoms with Gasteiger partial charge in [0.2, 0.25) is 0 Å². The molecule has 0 bridgehead atoms. The van der Waals surface area contributed by atoms with Crippen LogP contribution >= 0.6 is 0 Å². The Labute approximate surface area is 155 Å². The Morgan fingerprint density at radius 3 is 2.00 bits per heavy atom. The van der Waals surface area contributed by atoms with Gasteiger partial charge in [-0.2, -0.15) is 0 Å². The van der Waals surface area contributed by atoms with Crippen molar-refractivity contribution in [3.05, 3.63) is 54.1 Å². The highest BCUT2D eigenvalue weighted by Gasteiger charge is 2.28. The van der Waals surface area contributed by atoms with Gasteiger partial charge in [-0.3, -0.25) is 4.79 Å². The molecule has 0 aliphatic carbocycles. The van der Waals surface area contributed by atoms with E-state index in [0.29, 0.717) is 17.8 Å². The highest BCUT2D eigenvalue weighted by Crippen LogP contribution is 2.25. The molecule has 1 saturated heterocycles. The largest absolute Gasteiger partial charge is 0.484 e. The SMILES string of the molecule is Cc1ccc(Oc2ccc(OCC(=O)N3[C@@H](C)CCC[C@@H]3C)cc2)cc1. The Hall–Kier alpha value is -2.49. The summed E-state index contributed by atoms with van der Waals surface area (Å²) in [4.78, 5) is 14.5. The van der Waals surface area contributed by atoms with Crippen LogP contribution in [0.2, 0.25) is 0 Å². The lowest BCUT2D eigenvalue weighted by Gasteiger charge is -2.38. The smallest absolute Gasteiger partial charge is 0.260 e. The van der Waals surface area contributed by atoms with Gasteiger partial charge in [0.25, 0.3) is 5.91 Å². The minimum absolute atomic E-state index is 0.0599.